The van der Waals surface area contributed by atoms with Gasteiger partial charge in [0.1, 0.15) is 5.92 Å². The molecule has 3 aromatic rings. The summed E-state index contributed by atoms with van der Waals surface area (Å²) in [5, 5.41) is 2.83. The van der Waals surface area contributed by atoms with Gasteiger partial charge in [-0.2, -0.15) is 0 Å². The van der Waals surface area contributed by atoms with Gasteiger partial charge in [0.15, 0.2) is 0 Å². The number of methoxy groups -OCH3 is 1. The van der Waals surface area contributed by atoms with Crippen LogP contribution in [0.2, 0.25) is 0 Å². The first kappa shape index (κ1) is 20.7. The Morgan fingerprint density at radius 2 is 1.45 bits per heavy atom. The fourth-order valence-electron chi connectivity index (χ4n) is 2.88. The molecule has 0 aromatic heterocycles. The van der Waals surface area contributed by atoms with E-state index in [2.05, 4.69) is 17.4 Å². The van der Waals surface area contributed by atoms with E-state index in [1.807, 2.05) is 72.8 Å². The van der Waals surface area contributed by atoms with Crippen LogP contribution in [0.4, 0.5) is 5.69 Å². The smallest absolute Gasteiger partial charge is 0.318 e. The van der Waals surface area contributed by atoms with Gasteiger partial charge in [0.25, 0.3) is 0 Å². The fraction of sp³-hybridized carbons (Fsp3) is 0.167. The minimum Gasteiger partial charge on any atom is -0.468 e. The Morgan fingerprint density at radius 3 is 2.03 bits per heavy atom. The molecule has 1 amide bonds. The van der Waals surface area contributed by atoms with E-state index in [1.54, 1.807) is 11.8 Å². The summed E-state index contributed by atoms with van der Waals surface area (Å²) in [6, 6.07) is 27.3. The third-order valence-corrected chi connectivity index (χ3v) is 5.54. The van der Waals surface area contributed by atoms with E-state index in [9.17, 15) is 9.59 Å². The highest BCUT2D eigenvalue weighted by Gasteiger charge is 2.28. The highest BCUT2D eigenvalue weighted by atomic mass is 32.2. The lowest BCUT2D eigenvalue weighted by Gasteiger charge is -2.15. The van der Waals surface area contributed by atoms with E-state index in [4.69, 9.17) is 4.74 Å². The number of hydrogen-bond donors (Lipinski definition) is 1. The molecule has 0 aliphatic rings. The van der Waals surface area contributed by atoms with Crippen LogP contribution in [0.5, 0.6) is 0 Å². The third kappa shape index (κ3) is 6.22. The fourth-order valence-corrected chi connectivity index (χ4v) is 3.73. The summed E-state index contributed by atoms with van der Waals surface area (Å²) in [6.07, 6.45) is 0.296. The maximum Gasteiger partial charge on any atom is 0.318 e. The topological polar surface area (TPSA) is 55.4 Å². The first-order valence-corrected chi connectivity index (χ1v) is 10.3. The molecule has 5 heteroatoms. The number of benzene rings is 3. The van der Waals surface area contributed by atoms with E-state index in [1.165, 1.54) is 12.7 Å². The average molecular weight is 406 g/mol. The van der Waals surface area contributed by atoms with Crippen molar-refractivity contribution in [1.82, 2.24) is 0 Å². The van der Waals surface area contributed by atoms with Crippen LogP contribution < -0.4 is 5.32 Å². The number of amides is 1. The quantitative estimate of drug-likeness (QED) is 0.327. The second-order valence-corrected chi connectivity index (χ2v) is 7.60. The van der Waals surface area contributed by atoms with Crippen LogP contribution in [0.15, 0.2) is 89.8 Å². The van der Waals surface area contributed by atoms with Crippen LogP contribution in [0.1, 0.15) is 11.1 Å². The minimum atomic E-state index is -0.894. The van der Waals surface area contributed by atoms with Crippen LogP contribution in [0, 0.1) is 5.92 Å². The molecule has 0 saturated heterocycles. The molecule has 0 fully saturated rings. The Hall–Kier alpha value is -3.05. The summed E-state index contributed by atoms with van der Waals surface area (Å²) in [7, 11) is 1.30. The van der Waals surface area contributed by atoms with E-state index >= 15 is 0 Å². The first-order valence-electron chi connectivity index (χ1n) is 9.35. The van der Waals surface area contributed by atoms with E-state index in [-0.39, 0.29) is 5.91 Å². The summed E-state index contributed by atoms with van der Waals surface area (Å²) in [6.45, 7) is 0. The molecule has 3 aromatic carbocycles. The number of ether oxygens (including phenoxy) is 1. The Kier molecular flexibility index (Phi) is 7.47. The maximum atomic E-state index is 12.7. The minimum absolute atomic E-state index is 0.296. The molecule has 1 N–H and O–H groups in total. The van der Waals surface area contributed by atoms with Crippen molar-refractivity contribution >= 4 is 29.3 Å². The van der Waals surface area contributed by atoms with Gasteiger partial charge in [-0.05, 0) is 41.8 Å². The van der Waals surface area contributed by atoms with E-state index in [0.717, 1.165) is 16.2 Å². The van der Waals surface area contributed by atoms with Crippen LogP contribution >= 0.6 is 11.8 Å². The Balaban J connectivity index is 1.61. The highest BCUT2D eigenvalue weighted by molar-refractivity contribution is 7.98. The molecule has 0 aliphatic heterocycles. The zero-order valence-electron chi connectivity index (χ0n) is 16.2. The van der Waals surface area contributed by atoms with Crippen LogP contribution in [0.25, 0.3) is 0 Å². The largest absolute Gasteiger partial charge is 0.468 e. The molecule has 0 saturated carbocycles. The molecule has 0 spiro atoms. The van der Waals surface area contributed by atoms with Gasteiger partial charge in [-0.25, -0.2) is 0 Å². The van der Waals surface area contributed by atoms with Crippen LogP contribution in [-0.2, 0) is 26.5 Å². The standard InChI is InChI=1S/C24H23NO3S/c1-28-24(27)22(16-18-8-4-2-5-9-18)23(26)25-20-12-14-21(15-13-20)29-17-19-10-6-3-7-11-19/h2-15,22H,16-17H2,1H3,(H,25,26). The second kappa shape index (κ2) is 10.5. The average Bonchev–Trinajstić information content (AvgIpc) is 2.78. The molecular formula is C24H23NO3S. The highest BCUT2D eigenvalue weighted by Crippen LogP contribution is 2.24. The molecule has 1 atom stereocenters. The van der Waals surface area contributed by atoms with Crippen molar-refractivity contribution in [3.05, 3.63) is 96.1 Å². The molecule has 29 heavy (non-hydrogen) atoms. The number of carbonyl (C=O) groups excluding carboxylic acids is 2. The Morgan fingerprint density at radius 1 is 0.862 bits per heavy atom. The van der Waals surface area contributed by atoms with Crippen molar-refractivity contribution in [3.63, 3.8) is 0 Å². The summed E-state index contributed by atoms with van der Waals surface area (Å²) < 4.78 is 4.83. The van der Waals surface area contributed by atoms with Gasteiger partial charge in [0.2, 0.25) is 5.91 Å². The molecular weight excluding hydrogens is 382 g/mol. The normalized spacial score (nSPS) is 11.5. The first-order chi connectivity index (χ1) is 14.2. The summed E-state index contributed by atoms with van der Waals surface area (Å²) in [4.78, 5) is 25.9. The van der Waals surface area contributed by atoms with Crippen molar-refractivity contribution in [2.24, 2.45) is 5.92 Å². The van der Waals surface area contributed by atoms with Crippen molar-refractivity contribution in [1.29, 1.82) is 0 Å². The molecule has 0 radical (unpaired) electrons. The monoisotopic (exact) mass is 405 g/mol. The lowest BCUT2D eigenvalue weighted by Crippen LogP contribution is -2.32. The number of carbonyl (C=O) groups is 2. The SMILES string of the molecule is COC(=O)C(Cc1ccccc1)C(=O)Nc1ccc(SCc2ccccc2)cc1. The zero-order valence-corrected chi connectivity index (χ0v) is 17.0. The molecule has 3 rings (SSSR count). The Labute approximate surface area is 175 Å². The summed E-state index contributed by atoms with van der Waals surface area (Å²) in [5.74, 6) is -0.921. The van der Waals surface area contributed by atoms with Crippen molar-refractivity contribution in [2.75, 3.05) is 12.4 Å². The van der Waals surface area contributed by atoms with E-state index < -0.39 is 11.9 Å². The Bertz CT molecular complexity index is 927. The van der Waals surface area contributed by atoms with Gasteiger partial charge in [0.05, 0.1) is 7.11 Å². The van der Waals surface area contributed by atoms with Crippen LogP contribution in [0.3, 0.4) is 0 Å². The van der Waals surface area contributed by atoms with Gasteiger partial charge >= 0.3 is 5.97 Å². The van der Waals surface area contributed by atoms with Gasteiger partial charge in [0, 0.05) is 16.3 Å². The summed E-state index contributed by atoms with van der Waals surface area (Å²) in [5.41, 5.74) is 2.82. The van der Waals surface area contributed by atoms with Gasteiger partial charge in [-0.1, -0.05) is 60.7 Å². The van der Waals surface area contributed by atoms with Gasteiger partial charge in [-0.3, -0.25) is 9.59 Å². The van der Waals surface area contributed by atoms with Crippen LogP contribution in [-0.4, -0.2) is 19.0 Å². The summed E-state index contributed by atoms with van der Waals surface area (Å²) >= 11 is 1.73. The molecule has 1 unspecified atom stereocenters. The predicted octanol–water partition coefficient (Wildman–Crippen LogP) is 4.95. The maximum absolute atomic E-state index is 12.7. The van der Waals surface area contributed by atoms with Gasteiger partial charge < -0.3 is 10.1 Å². The third-order valence-electron chi connectivity index (χ3n) is 4.46. The number of anilines is 1. The van der Waals surface area contributed by atoms with Crippen molar-refractivity contribution < 1.29 is 14.3 Å². The zero-order chi connectivity index (χ0) is 20.5. The number of rotatable bonds is 8. The second-order valence-electron chi connectivity index (χ2n) is 6.55. The lowest BCUT2D eigenvalue weighted by atomic mass is 9.98. The molecule has 0 bridgehead atoms. The van der Waals surface area contributed by atoms with Crippen molar-refractivity contribution in [2.45, 2.75) is 17.1 Å². The predicted molar refractivity (Wildman–Crippen MR) is 117 cm³/mol. The molecule has 0 heterocycles. The number of hydrogen-bond acceptors (Lipinski definition) is 4. The van der Waals surface area contributed by atoms with Crippen molar-refractivity contribution in [3.8, 4) is 0 Å². The van der Waals surface area contributed by atoms with E-state index in [0.29, 0.717) is 12.1 Å². The molecule has 148 valence electrons. The molecule has 4 nitrogen and oxygen atoms in total. The number of nitrogens with one attached hydrogen (secondary N) is 1. The lowest BCUT2D eigenvalue weighted by molar-refractivity contribution is -0.148. The molecule has 0 aliphatic carbocycles. The number of thioether (sulfide) groups is 1. The van der Waals surface area contributed by atoms with Gasteiger partial charge in [-0.15, -0.1) is 11.8 Å². The number of esters is 1.